The van der Waals surface area contributed by atoms with Gasteiger partial charge in [-0.3, -0.25) is 4.79 Å². The highest BCUT2D eigenvalue weighted by atomic mass is 32.1. The maximum atomic E-state index is 12.1. The first-order valence-electron chi connectivity index (χ1n) is 7.55. The second kappa shape index (κ2) is 7.59. The molecule has 0 atom stereocenters. The zero-order valence-corrected chi connectivity index (χ0v) is 15.2. The number of thiophene rings is 1. The maximum absolute atomic E-state index is 12.1. The van der Waals surface area contributed by atoms with E-state index < -0.39 is 0 Å². The van der Waals surface area contributed by atoms with E-state index >= 15 is 0 Å². The molecular formula is C18H18N2O2S2. The first-order chi connectivity index (χ1) is 11.6. The Bertz CT molecular complexity index is 822. The number of hydrogen-bond donors (Lipinski definition) is 1. The summed E-state index contributed by atoms with van der Waals surface area (Å²) in [6.07, 6.45) is 0.369. The molecule has 0 aliphatic rings. The number of amides is 1. The number of nitrogens with zero attached hydrogens (tertiary/aromatic N) is 1. The van der Waals surface area contributed by atoms with Gasteiger partial charge in [-0.2, -0.15) is 0 Å². The van der Waals surface area contributed by atoms with Gasteiger partial charge >= 0.3 is 0 Å². The Labute approximate surface area is 149 Å². The summed E-state index contributed by atoms with van der Waals surface area (Å²) in [5, 5.41) is 6.09. The van der Waals surface area contributed by atoms with Crippen LogP contribution in [0.15, 0.2) is 41.8 Å². The smallest absolute Gasteiger partial charge is 0.224 e. The summed E-state index contributed by atoms with van der Waals surface area (Å²) in [7, 11) is 1.63. The van der Waals surface area contributed by atoms with E-state index in [9.17, 15) is 4.79 Å². The van der Waals surface area contributed by atoms with Gasteiger partial charge in [0, 0.05) is 10.3 Å². The first kappa shape index (κ1) is 16.7. The van der Waals surface area contributed by atoms with Gasteiger partial charge in [-0.1, -0.05) is 12.1 Å². The molecule has 0 spiro atoms. The van der Waals surface area contributed by atoms with Crippen molar-refractivity contribution in [3.05, 3.63) is 57.2 Å². The van der Waals surface area contributed by atoms with Crippen molar-refractivity contribution in [3.63, 3.8) is 0 Å². The molecule has 0 radical (unpaired) electrons. The Morgan fingerprint density at radius 3 is 2.67 bits per heavy atom. The fraction of sp³-hybridized carbons (Fsp3) is 0.222. The highest BCUT2D eigenvalue weighted by Crippen LogP contribution is 2.28. The second-order valence-electron chi connectivity index (χ2n) is 5.32. The number of aromatic nitrogens is 1. The topological polar surface area (TPSA) is 51.2 Å². The molecule has 4 nitrogen and oxygen atoms in total. The Kier molecular flexibility index (Phi) is 5.27. The number of carbonyl (C=O) groups excluding carboxylic acids is 1. The molecular weight excluding hydrogens is 340 g/mol. The van der Waals surface area contributed by atoms with Crippen molar-refractivity contribution in [1.82, 2.24) is 10.3 Å². The van der Waals surface area contributed by atoms with Crippen LogP contribution >= 0.6 is 22.7 Å². The van der Waals surface area contributed by atoms with Crippen molar-refractivity contribution in [2.45, 2.75) is 19.9 Å². The summed E-state index contributed by atoms with van der Waals surface area (Å²) in [6, 6.07) is 11.7. The largest absolute Gasteiger partial charge is 0.497 e. The number of thiazole rings is 1. The molecule has 2 aromatic heterocycles. The lowest BCUT2D eigenvalue weighted by Gasteiger charge is -2.05. The van der Waals surface area contributed by atoms with E-state index in [1.807, 2.05) is 37.3 Å². The SMILES string of the molecule is COc1ccc(CC(=O)NCc2ccc(-c3csc(C)n3)s2)cc1. The summed E-state index contributed by atoms with van der Waals surface area (Å²) in [5.41, 5.74) is 1.98. The summed E-state index contributed by atoms with van der Waals surface area (Å²) >= 11 is 3.31. The second-order valence-corrected chi connectivity index (χ2v) is 7.55. The number of nitrogens with one attached hydrogen (secondary N) is 1. The van der Waals surface area contributed by atoms with Gasteiger partial charge in [-0.25, -0.2) is 4.98 Å². The molecule has 0 bridgehead atoms. The summed E-state index contributed by atoms with van der Waals surface area (Å²) in [5.74, 6) is 0.808. The monoisotopic (exact) mass is 358 g/mol. The number of methoxy groups -OCH3 is 1. The standard InChI is InChI=1S/C18H18N2O2S2/c1-12-20-16(11-23-12)17-8-7-15(24-17)10-19-18(21)9-13-3-5-14(22-2)6-4-13/h3-8,11H,9-10H2,1-2H3,(H,19,21). The lowest BCUT2D eigenvalue weighted by molar-refractivity contribution is -0.120. The van der Waals surface area contributed by atoms with E-state index in [1.54, 1.807) is 29.8 Å². The minimum absolute atomic E-state index is 0.0135. The van der Waals surface area contributed by atoms with Gasteiger partial charge in [0.2, 0.25) is 5.91 Å². The van der Waals surface area contributed by atoms with Gasteiger partial charge < -0.3 is 10.1 Å². The molecule has 24 heavy (non-hydrogen) atoms. The molecule has 0 fully saturated rings. The van der Waals surface area contributed by atoms with Crippen molar-refractivity contribution in [3.8, 4) is 16.3 Å². The van der Waals surface area contributed by atoms with Crippen LogP contribution < -0.4 is 10.1 Å². The molecule has 3 aromatic rings. The Morgan fingerprint density at radius 2 is 2.00 bits per heavy atom. The van der Waals surface area contributed by atoms with Crippen LogP contribution in [0.25, 0.3) is 10.6 Å². The molecule has 0 aliphatic heterocycles. The Morgan fingerprint density at radius 1 is 1.21 bits per heavy atom. The fourth-order valence-corrected chi connectivity index (χ4v) is 3.86. The van der Waals surface area contributed by atoms with Crippen molar-refractivity contribution in [2.24, 2.45) is 0 Å². The average Bonchev–Trinajstić information content (AvgIpc) is 3.22. The lowest BCUT2D eigenvalue weighted by atomic mass is 10.1. The zero-order chi connectivity index (χ0) is 16.9. The lowest BCUT2D eigenvalue weighted by Crippen LogP contribution is -2.24. The van der Waals surface area contributed by atoms with Crippen LogP contribution in [-0.2, 0) is 17.8 Å². The minimum atomic E-state index is 0.0135. The van der Waals surface area contributed by atoms with Gasteiger partial charge in [-0.05, 0) is 36.8 Å². The van der Waals surface area contributed by atoms with Gasteiger partial charge in [0.25, 0.3) is 0 Å². The van der Waals surface area contributed by atoms with E-state index in [1.165, 1.54) is 0 Å². The van der Waals surface area contributed by atoms with Crippen LogP contribution in [0.2, 0.25) is 0 Å². The molecule has 1 N–H and O–H groups in total. The van der Waals surface area contributed by atoms with E-state index in [0.29, 0.717) is 13.0 Å². The summed E-state index contributed by atoms with van der Waals surface area (Å²) < 4.78 is 5.12. The van der Waals surface area contributed by atoms with Crippen LogP contribution in [0.4, 0.5) is 0 Å². The number of hydrogen-bond acceptors (Lipinski definition) is 5. The molecule has 6 heteroatoms. The Hall–Kier alpha value is -2.18. The van der Waals surface area contributed by atoms with Crippen molar-refractivity contribution in [2.75, 3.05) is 7.11 Å². The third kappa shape index (κ3) is 4.21. The van der Waals surface area contributed by atoms with E-state index in [0.717, 1.165) is 31.8 Å². The maximum Gasteiger partial charge on any atom is 0.224 e. The summed E-state index contributed by atoms with van der Waals surface area (Å²) in [4.78, 5) is 18.8. The molecule has 1 amide bonds. The highest BCUT2D eigenvalue weighted by molar-refractivity contribution is 7.16. The molecule has 124 valence electrons. The van der Waals surface area contributed by atoms with Crippen molar-refractivity contribution < 1.29 is 9.53 Å². The van der Waals surface area contributed by atoms with Gasteiger partial charge in [0.15, 0.2) is 0 Å². The van der Waals surface area contributed by atoms with E-state index in [2.05, 4.69) is 21.7 Å². The molecule has 2 heterocycles. The number of ether oxygens (including phenoxy) is 1. The van der Waals surface area contributed by atoms with Gasteiger partial charge in [-0.15, -0.1) is 22.7 Å². The molecule has 0 aliphatic carbocycles. The third-order valence-corrected chi connectivity index (χ3v) is 5.40. The van der Waals surface area contributed by atoms with Gasteiger partial charge in [0.05, 0.1) is 35.7 Å². The number of aryl methyl sites for hydroxylation is 1. The minimum Gasteiger partial charge on any atom is -0.497 e. The third-order valence-electron chi connectivity index (χ3n) is 3.52. The predicted molar refractivity (Wildman–Crippen MR) is 98.7 cm³/mol. The van der Waals surface area contributed by atoms with Crippen LogP contribution in [0.1, 0.15) is 15.4 Å². The van der Waals surface area contributed by atoms with Crippen LogP contribution in [0.3, 0.4) is 0 Å². The molecule has 1 aromatic carbocycles. The zero-order valence-electron chi connectivity index (χ0n) is 13.5. The van der Waals surface area contributed by atoms with Crippen molar-refractivity contribution in [1.29, 1.82) is 0 Å². The van der Waals surface area contributed by atoms with E-state index in [4.69, 9.17) is 4.74 Å². The first-order valence-corrected chi connectivity index (χ1v) is 9.24. The fourth-order valence-electron chi connectivity index (χ4n) is 2.26. The molecule has 3 rings (SSSR count). The number of carbonyl (C=O) groups is 1. The number of benzene rings is 1. The summed E-state index contributed by atoms with van der Waals surface area (Å²) in [6.45, 7) is 2.55. The quantitative estimate of drug-likeness (QED) is 0.723. The van der Waals surface area contributed by atoms with Crippen LogP contribution in [-0.4, -0.2) is 18.0 Å². The number of rotatable bonds is 6. The molecule has 0 unspecified atom stereocenters. The molecule has 0 saturated carbocycles. The van der Waals surface area contributed by atoms with Crippen LogP contribution in [0.5, 0.6) is 5.75 Å². The van der Waals surface area contributed by atoms with E-state index in [-0.39, 0.29) is 5.91 Å². The normalized spacial score (nSPS) is 10.6. The molecule has 0 saturated heterocycles. The predicted octanol–water partition coefficient (Wildman–Crippen LogP) is 4.05. The van der Waals surface area contributed by atoms with Crippen LogP contribution in [0, 0.1) is 6.92 Å². The average molecular weight is 358 g/mol. The highest BCUT2D eigenvalue weighted by Gasteiger charge is 2.08. The van der Waals surface area contributed by atoms with Gasteiger partial charge in [0.1, 0.15) is 5.75 Å². The van der Waals surface area contributed by atoms with Crippen molar-refractivity contribution >= 4 is 28.6 Å². The Balaban J connectivity index is 1.53.